The standard InChI is InChI=1S/C13H18N6O2/c1-9(19-5-3-4-14-19)13(20)18-6-7-21-11(8-18)12-15-10(2)16-17-12/h3-5,9,11H,6-8H2,1-2H3,(H,15,16,17). The van der Waals surface area contributed by atoms with Crippen LogP contribution in [0, 0.1) is 6.92 Å². The van der Waals surface area contributed by atoms with Gasteiger partial charge in [-0.1, -0.05) is 0 Å². The molecule has 0 aromatic carbocycles. The number of morpholine rings is 1. The summed E-state index contributed by atoms with van der Waals surface area (Å²) in [5.41, 5.74) is 0. The fourth-order valence-electron chi connectivity index (χ4n) is 2.40. The van der Waals surface area contributed by atoms with Gasteiger partial charge in [-0.15, -0.1) is 0 Å². The van der Waals surface area contributed by atoms with Gasteiger partial charge >= 0.3 is 0 Å². The van der Waals surface area contributed by atoms with Crippen LogP contribution in [0.1, 0.15) is 30.7 Å². The molecule has 0 bridgehead atoms. The molecule has 1 aliphatic rings. The molecule has 1 amide bonds. The van der Waals surface area contributed by atoms with Crippen molar-refractivity contribution in [1.82, 2.24) is 29.9 Å². The van der Waals surface area contributed by atoms with Crippen LogP contribution >= 0.6 is 0 Å². The van der Waals surface area contributed by atoms with E-state index in [1.807, 2.05) is 19.9 Å². The molecule has 3 heterocycles. The van der Waals surface area contributed by atoms with Gasteiger partial charge in [0.15, 0.2) is 5.82 Å². The van der Waals surface area contributed by atoms with Gasteiger partial charge in [0.05, 0.1) is 13.2 Å². The monoisotopic (exact) mass is 290 g/mol. The number of carbonyl (C=O) groups is 1. The van der Waals surface area contributed by atoms with Crippen LogP contribution in [0.25, 0.3) is 0 Å². The van der Waals surface area contributed by atoms with Crippen LogP contribution in [0.2, 0.25) is 0 Å². The second kappa shape index (κ2) is 5.65. The van der Waals surface area contributed by atoms with Crippen molar-refractivity contribution < 1.29 is 9.53 Å². The van der Waals surface area contributed by atoms with Crippen molar-refractivity contribution in [3.05, 3.63) is 30.1 Å². The van der Waals surface area contributed by atoms with Crippen molar-refractivity contribution in [3.8, 4) is 0 Å². The van der Waals surface area contributed by atoms with Crippen LogP contribution in [0.5, 0.6) is 0 Å². The van der Waals surface area contributed by atoms with Gasteiger partial charge in [-0.25, -0.2) is 4.98 Å². The Bertz CT molecular complexity index is 608. The van der Waals surface area contributed by atoms with E-state index in [1.54, 1.807) is 22.0 Å². The molecule has 112 valence electrons. The third-order valence-corrected chi connectivity index (χ3v) is 3.56. The van der Waals surface area contributed by atoms with Gasteiger partial charge < -0.3 is 9.64 Å². The lowest BCUT2D eigenvalue weighted by molar-refractivity contribution is -0.142. The van der Waals surface area contributed by atoms with Crippen molar-refractivity contribution in [2.24, 2.45) is 0 Å². The SMILES string of the molecule is Cc1nc(C2CN(C(=O)C(C)n3cccn3)CCO2)n[nH]1. The number of amides is 1. The van der Waals surface area contributed by atoms with Crippen molar-refractivity contribution in [1.29, 1.82) is 0 Å². The highest BCUT2D eigenvalue weighted by molar-refractivity contribution is 5.80. The molecule has 0 saturated carbocycles. The Kier molecular flexibility index (Phi) is 3.70. The van der Waals surface area contributed by atoms with Gasteiger partial charge in [0.1, 0.15) is 18.0 Å². The molecule has 8 nitrogen and oxygen atoms in total. The Balaban J connectivity index is 1.69. The van der Waals surface area contributed by atoms with E-state index in [0.29, 0.717) is 25.5 Å². The highest BCUT2D eigenvalue weighted by Crippen LogP contribution is 2.21. The minimum absolute atomic E-state index is 0.0271. The number of H-pyrrole nitrogens is 1. The lowest BCUT2D eigenvalue weighted by atomic mass is 10.2. The molecule has 1 N–H and O–H groups in total. The Hall–Kier alpha value is -2.22. The van der Waals surface area contributed by atoms with Gasteiger partial charge in [-0.05, 0) is 19.9 Å². The van der Waals surface area contributed by atoms with Crippen molar-refractivity contribution in [2.45, 2.75) is 26.0 Å². The number of rotatable bonds is 3. The number of aryl methyl sites for hydroxylation is 1. The minimum atomic E-state index is -0.326. The summed E-state index contributed by atoms with van der Waals surface area (Å²) in [5, 5.41) is 11.0. The van der Waals surface area contributed by atoms with E-state index in [0.717, 1.165) is 5.82 Å². The smallest absolute Gasteiger partial charge is 0.247 e. The lowest BCUT2D eigenvalue weighted by Gasteiger charge is -2.33. The molecule has 0 aliphatic carbocycles. The molecule has 8 heteroatoms. The van der Waals surface area contributed by atoms with E-state index in [9.17, 15) is 4.79 Å². The van der Waals surface area contributed by atoms with Crippen molar-refractivity contribution >= 4 is 5.91 Å². The fourth-order valence-corrected chi connectivity index (χ4v) is 2.40. The van der Waals surface area contributed by atoms with E-state index in [-0.39, 0.29) is 18.1 Å². The molecule has 1 fully saturated rings. The van der Waals surface area contributed by atoms with Crippen LogP contribution in [0.15, 0.2) is 18.5 Å². The molecule has 3 rings (SSSR count). The second-order valence-corrected chi connectivity index (χ2v) is 5.08. The van der Waals surface area contributed by atoms with Gasteiger partial charge in [-0.3, -0.25) is 14.6 Å². The Morgan fingerprint density at radius 1 is 1.57 bits per heavy atom. The van der Waals surface area contributed by atoms with Crippen LogP contribution in [0.3, 0.4) is 0 Å². The summed E-state index contributed by atoms with van der Waals surface area (Å²) >= 11 is 0. The average molecular weight is 290 g/mol. The molecule has 2 aromatic heterocycles. The topological polar surface area (TPSA) is 88.9 Å². The fraction of sp³-hybridized carbons (Fsp3) is 0.538. The molecule has 1 saturated heterocycles. The Morgan fingerprint density at radius 3 is 3.10 bits per heavy atom. The first kappa shape index (κ1) is 13.7. The van der Waals surface area contributed by atoms with E-state index >= 15 is 0 Å². The van der Waals surface area contributed by atoms with Crippen LogP contribution < -0.4 is 0 Å². The third-order valence-electron chi connectivity index (χ3n) is 3.56. The van der Waals surface area contributed by atoms with Crippen LogP contribution in [0.4, 0.5) is 0 Å². The average Bonchev–Trinajstić information content (AvgIpc) is 3.17. The number of ether oxygens (including phenoxy) is 1. The predicted molar refractivity (Wildman–Crippen MR) is 73.3 cm³/mol. The zero-order valence-corrected chi connectivity index (χ0v) is 12.1. The third kappa shape index (κ3) is 2.80. The molecule has 21 heavy (non-hydrogen) atoms. The number of hydrogen-bond acceptors (Lipinski definition) is 5. The molecular formula is C13H18N6O2. The van der Waals surface area contributed by atoms with Crippen molar-refractivity contribution in [2.75, 3.05) is 19.7 Å². The number of nitrogens with zero attached hydrogens (tertiary/aromatic N) is 5. The summed E-state index contributed by atoms with van der Waals surface area (Å²) in [6.45, 7) is 5.20. The molecule has 2 atom stereocenters. The number of carbonyl (C=O) groups excluding carboxylic acids is 1. The zero-order valence-electron chi connectivity index (χ0n) is 12.1. The lowest BCUT2D eigenvalue weighted by Crippen LogP contribution is -2.45. The van der Waals surface area contributed by atoms with E-state index < -0.39 is 0 Å². The van der Waals surface area contributed by atoms with Gasteiger partial charge in [0.2, 0.25) is 5.91 Å². The summed E-state index contributed by atoms with van der Waals surface area (Å²) in [4.78, 5) is 18.6. The predicted octanol–water partition coefficient (Wildman–Crippen LogP) is 0.471. The molecule has 2 aromatic rings. The number of aromatic nitrogens is 5. The maximum atomic E-state index is 12.5. The maximum absolute atomic E-state index is 12.5. The second-order valence-electron chi connectivity index (χ2n) is 5.08. The summed E-state index contributed by atoms with van der Waals surface area (Å²) in [7, 11) is 0. The number of hydrogen-bond donors (Lipinski definition) is 1. The molecule has 0 spiro atoms. The minimum Gasteiger partial charge on any atom is -0.366 e. The highest BCUT2D eigenvalue weighted by atomic mass is 16.5. The normalized spacial score (nSPS) is 20.5. The van der Waals surface area contributed by atoms with Gasteiger partial charge in [0, 0.05) is 18.9 Å². The van der Waals surface area contributed by atoms with E-state index in [1.165, 1.54) is 0 Å². The first-order chi connectivity index (χ1) is 10.1. The number of nitrogens with one attached hydrogen (secondary N) is 1. The summed E-state index contributed by atoms with van der Waals surface area (Å²) in [5.74, 6) is 1.36. The van der Waals surface area contributed by atoms with Gasteiger partial charge in [-0.2, -0.15) is 10.2 Å². The Morgan fingerprint density at radius 2 is 2.43 bits per heavy atom. The molecule has 2 unspecified atom stereocenters. The number of aromatic amines is 1. The Labute approximate surface area is 122 Å². The zero-order chi connectivity index (χ0) is 14.8. The summed E-state index contributed by atoms with van der Waals surface area (Å²) in [6.07, 6.45) is 3.18. The van der Waals surface area contributed by atoms with E-state index in [4.69, 9.17) is 4.74 Å². The quantitative estimate of drug-likeness (QED) is 0.887. The van der Waals surface area contributed by atoms with Crippen LogP contribution in [-0.4, -0.2) is 55.5 Å². The molecular weight excluding hydrogens is 272 g/mol. The highest BCUT2D eigenvalue weighted by Gasteiger charge is 2.30. The van der Waals surface area contributed by atoms with Gasteiger partial charge in [0.25, 0.3) is 0 Å². The largest absolute Gasteiger partial charge is 0.366 e. The first-order valence-corrected chi connectivity index (χ1v) is 6.93. The molecule has 0 radical (unpaired) electrons. The van der Waals surface area contributed by atoms with Crippen molar-refractivity contribution in [3.63, 3.8) is 0 Å². The summed E-state index contributed by atoms with van der Waals surface area (Å²) in [6, 6.07) is 1.48. The van der Waals surface area contributed by atoms with E-state index in [2.05, 4.69) is 20.3 Å². The molecule has 1 aliphatic heterocycles. The summed E-state index contributed by atoms with van der Waals surface area (Å²) < 4.78 is 7.32. The van der Waals surface area contributed by atoms with Crippen LogP contribution in [-0.2, 0) is 9.53 Å². The first-order valence-electron chi connectivity index (χ1n) is 6.93. The maximum Gasteiger partial charge on any atom is 0.247 e.